The van der Waals surface area contributed by atoms with Crippen LogP contribution in [0.25, 0.3) is 11.1 Å². The van der Waals surface area contributed by atoms with Gasteiger partial charge in [-0.15, -0.1) is 11.6 Å². The maximum atomic E-state index is 11.8. The summed E-state index contributed by atoms with van der Waals surface area (Å²) in [6, 6.07) is 18.0. The van der Waals surface area contributed by atoms with E-state index in [0.717, 1.165) is 16.7 Å². The molecule has 2 amide bonds. The minimum Gasteiger partial charge on any atom is -0.386 e. The fourth-order valence-corrected chi connectivity index (χ4v) is 2.23. The van der Waals surface area contributed by atoms with Crippen LogP contribution in [0.2, 0.25) is 0 Å². The summed E-state index contributed by atoms with van der Waals surface area (Å²) in [5.74, 6) is 0.570. The molecular weight excluding hydrogens is 324 g/mol. The lowest BCUT2D eigenvalue weighted by atomic mass is 10.0. The summed E-state index contributed by atoms with van der Waals surface area (Å²) in [6.07, 6.45) is 0. The molecule has 0 heterocycles. The van der Waals surface area contributed by atoms with E-state index in [0.29, 0.717) is 25.5 Å². The molecule has 24 heavy (non-hydrogen) atoms. The smallest absolute Gasteiger partial charge is 0.315 e. The summed E-state index contributed by atoms with van der Waals surface area (Å²) in [6.45, 7) is 1.28. The summed E-state index contributed by atoms with van der Waals surface area (Å²) in [7, 11) is 0. The maximum absolute atomic E-state index is 11.8. The summed E-state index contributed by atoms with van der Waals surface area (Å²) < 4.78 is 0. The summed E-state index contributed by atoms with van der Waals surface area (Å²) in [5.41, 5.74) is 8.79. The number of hydrogen-bond acceptors (Lipinski definition) is 2. The Kier molecular flexibility index (Phi) is 7.11. The molecule has 4 N–H and O–H groups in total. The monoisotopic (exact) mass is 344 g/mol. The Morgan fingerprint density at radius 2 is 1.79 bits per heavy atom. The number of rotatable bonds is 7. The molecule has 0 unspecified atom stereocenters. The van der Waals surface area contributed by atoms with E-state index in [4.69, 9.17) is 17.3 Å². The second-order valence-corrected chi connectivity index (χ2v) is 5.45. The van der Waals surface area contributed by atoms with Crippen LogP contribution in [0, 0.1) is 0 Å². The van der Waals surface area contributed by atoms with Gasteiger partial charge in [0.05, 0.1) is 12.4 Å². The van der Waals surface area contributed by atoms with Gasteiger partial charge < -0.3 is 16.4 Å². The van der Waals surface area contributed by atoms with E-state index in [1.165, 1.54) is 0 Å². The Morgan fingerprint density at radius 1 is 1.04 bits per heavy atom. The predicted molar refractivity (Wildman–Crippen MR) is 99.3 cm³/mol. The third-order valence-electron chi connectivity index (χ3n) is 3.34. The highest BCUT2D eigenvalue weighted by molar-refractivity contribution is 6.27. The second-order valence-electron chi connectivity index (χ2n) is 5.18. The van der Waals surface area contributed by atoms with Crippen LogP contribution < -0.4 is 16.4 Å². The number of benzene rings is 2. The van der Waals surface area contributed by atoms with E-state index in [1.54, 1.807) is 0 Å². The van der Waals surface area contributed by atoms with Gasteiger partial charge in [-0.25, -0.2) is 4.79 Å². The SMILES string of the molecule is NC(CCl)=NCCNC(=O)NCc1cccc(-c2ccccc2)c1. The molecule has 6 heteroatoms. The zero-order valence-corrected chi connectivity index (χ0v) is 14.1. The highest BCUT2D eigenvalue weighted by atomic mass is 35.5. The first-order valence-corrected chi connectivity index (χ1v) is 8.23. The van der Waals surface area contributed by atoms with Crippen LogP contribution in [0.5, 0.6) is 0 Å². The molecule has 5 nitrogen and oxygen atoms in total. The fourth-order valence-electron chi connectivity index (χ4n) is 2.15. The van der Waals surface area contributed by atoms with Crippen molar-refractivity contribution in [3.63, 3.8) is 0 Å². The quantitative estimate of drug-likeness (QED) is 0.312. The number of carbonyl (C=O) groups is 1. The van der Waals surface area contributed by atoms with Crippen molar-refractivity contribution in [2.24, 2.45) is 10.7 Å². The predicted octanol–water partition coefficient (Wildman–Crippen LogP) is 2.75. The first-order valence-electron chi connectivity index (χ1n) is 7.70. The van der Waals surface area contributed by atoms with Crippen molar-refractivity contribution in [2.75, 3.05) is 19.0 Å². The number of urea groups is 1. The van der Waals surface area contributed by atoms with Gasteiger partial charge in [0, 0.05) is 13.1 Å². The van der Waals surface area contributed by atoms with Crippen molar-refractivity contribution < 1.29 is 4.79 Å². The molecule has 2 aromatic carbocycles. The highest BCUT2D eigenvalue weighted by Gasteiger charge is 2.02. The first kappa shape index (κ1) is 17.8. The van der Waals surface area contributed by atoms with E-state index < -0.39 is 0 Å². The van der Waals surface area contributed by atoms with Crippen LogP contribution in [-0.4, -0.2) is 30.8 Å². The third-order valence-corrected chi connectivity index (χ3v) is 3.61. The third kappa shape index (κ3) is 5.93. The van der Waals surface area contributed by atoms with Crippen LogP contribution in [0.3, 0.4) is 0 Å². The summed E-state index contributed by atoms with van der Waals surface area (Å²) >= 11 is 5.51. The zero-order valence-electron chi connectivity index (χ0n) is 13.3. The molecule has 0 radical (unpaired) electrons. The normalized spacial score (nSPS) is 11.1. The molecule has 0 aliphatic heterocycles. The molecule has 0 spiro atoms. The van der Waals surface area contributed by atoms with Gasteiger partial charge in [-0.05, 0) is 22.8 Å². The van der Waals surface area contributed by atoms with Gasteiger partial charge in [-0.1, -0.05) is 48.5 Å². The molecule has 0 atom stereocenters. The Bertz CT molecular complexity index is 688. The fraction of sp³-hybridized carbons (Fsp3) is 0.222. The Morgan fingerprint density at radius 3 is 2.54 bits per heavy atom. The number of amides is 2. The minimum atomic E-state index is -0.236. The van der Waals surface area contributed by atoms with Gasteiger partial charge in [0.1, 0.15) is 5.84 Å². The topological polar surface area (TPSA) is 79.5 Å². The van der Waals surface area contributed by atoms with Crippen LogP contribution in [0.15, 0.2) is 59.6 Å². The molecular formula is C18H21ClN4O. The van der Waals surface area contributed by atoms with Crippen LogP contribution in [-0.2, 0) is 6.54 Å². The standard InChI is InChI=1S/C18H21ClN4O/c19-12-17(20)21-9-10-22-18(24)23-13-14-5-4-8-16(11-14)15-6-2-1-3-7-15/h1-8,11H,9-10,12-13H2,(H2,20,21)(H2,22,23,24). The Balaban J connectivity index is 1.81. The van der Waals surface area contributed by atoms with Crippen molar-refractivity contribution in [1.82, 2.24) is 10.6 Å². The minimum absolute atomic E-state index is 0.198. The van der Waals surface area contributed by atoms with Gasteiger partial charge in [-0.3, -0.25) is 4.99 Å². The summed E-state index contributed by atoms with van der Waals surface area (Å²) in [4.78, 5) is 15.8. The number of aliphatic imine (C=N–C) groups is 1. The van der Waals surface area contributed by atoms with Crippen molar-refractivity contribution in [2.45, 2.75) is 6.54 Å². The molecule has 0 aliphatic carbocycles. The van der Waals surface area contributed by atoms with Gasteiger partial charge in [0.2, 0.25) is 0 Å². The van der Waals surface area contributed by atoms with E-state index in [2.05, 4.69) is 39.9 Å². The van der Waals surface area contributed by atoms with E-state index >= 15 is 0 Å². The highest BCUT2D eigenvalue weighted by Crippen LogP contribution is 2.19. The average Bonchev–Trinajstić information content (AvgIpc) is 2.64. The van der Waals surface area contributed by atoms with Gasteiger partial charge in [0.25, 0.3) is 0 Å². The van der Waals surface area contributed by atoms with Crippen LogP contribution >= 0.6 is 11.6 Å². The Hall–Kier alpha value is -2.53. The van der Waals surface area contributed by atoms with E-state index in [1.807, 2.05) is 30.3 Å². The van der Waals surface area contributed by atoms with Crippen LogP contribution in [0.1, 0.15) is 5.56 Å². The molecule has 0 saturated heterocycles. The molecule has 0 fully saturated rings. The van der Waals surface area contributed by atoms with Crippen molar-refractivity contribution in [3.8, 4) is 11.1 Å². The molecule has 0 aromatic heterocycles. The van der Waals surface area contributed by atoms with Crippen LogP contribution in [0.4, 0.5) is 4.79 Å². The zero-order chi connectivity index (χ0) is 17.2. The molecule has 2 aromatic rings. The van der Waals surface area contributed by atoms with E-state index in [-0.39, 0.29) is 11.9 Å². The first-order chi connectivity index (χ1) is 11.7. The Labute approximate surface area is 146 Å². The molecule has 0 aliphatic rings. The van der Waals surface area contributed by atoms with Gasteiger partial charge in [-0.2, -0.15) is 0 Å². The lowest BCUT2D eigenvalue weighted by molar-refractivity contribution is 0.241. The van der Waals surface area contributed by atoms with Gasteiger partial charge >= 0.3 is 6.03 Å². The number of carbonyl (C=O) groups excluding carboxylic acids is 1. The van der Waals surface area contributed by atoms with Crippen molar-refractivity contribution in [1.29, 1.82) is 0 Å². The number of nitrogens with one attached hydrogen (secondary N) is 2. The van der Waals surface area contributed by atoms with Gasteiger partial charge in [0.15, 0.2) is 0 Å². The number of hydrogen-bond donors (Lipinski definition) is 3. The number of nitrogens with two attached hydrogens (primary N) is 1. The number of alkyl halides is 1. The second kappa shape index (κ2) is 9.57. The lowest BCUT2D eigenvalue weighted by Crippen LogP contribution is -2.36. The number of nitrogens with zero attached hydrogens (tertiary/aromatic N) is 1. The largest absolute Gasteiger partial charge is 0.386 e. The molecule has 0 bridgehead atoms. The number of halogens is 1. The van der Waals surface area contributed by atoms with E-state index in [9.17, 15) is 4.79 Å². The molecule has 0 saturated carbocycles. The lowest BCUT2D eigenvalue weighted by Gasteiger charge is -2.08. The van der Waals surface area contributed by atoms with Crippen molar-refractivity contribution >= 4 is 23.5 Å². The molecule has 2 rings (SSSR count). The van der Waals surface area contributed by atoms with Crippen molar-refractivity contribution in [3.05, 3.63) is 60.2 Å². The summed E-state index contributed by atoms with van der Waals surface area (Å²) in [5, 5.41) is 5.55. The molecule has 126 valence electrons. The maximum Gasteiger partial charge on any atom is 0.315 e. The number of amidine groups is 1. The average molecular weight is 345 g/mol.